The van der Waals surface area contributed by atoms with Crippen molar-refractivity contribution in [3.8, 4) is 11.5 Å². The van der Waals surface area contributed by atoms with Crippen LogP contribution in [-0.2, 0) is 0 Å². The SMILES string of the molecule is COc1ccc(OC)c(Nc2ncc(Br)cc2F)c1. The number of nitrogens with zero attached hydrogens (tertiary/aromatic N) is 1. The molecule has 6 heteroatoms. The highest BCUT2D eigenvalue weighted by Gasteiger charge is 2.09. The predicted octanol–water partition coefficient (Wildman–Crippen LogP) is 3.74. The Bertz CT molecular complexity index is 593. The van der Waals surface area contributed by atoms with Crippen molar-refractivity contribution in [3.63, 3.8) is 0 Å². The molecule has 1 aromatic heterocycles. The molecule has 0 amide bonds. The van der Waals surface area contributed by atoms with Crippen LogP contribution in [0.5, 0.6) is 11.5 Å². The van der Waals surface area contributed by atoms with Crippen molar-refractivity contribution in [3.05, 3.63) is 40.8 Å². The van der Waals surface area contributed by atoms with E-state index < -0.39 is 5.82 Å². The number of anilines is 2. The zero-order valence-electron chi connectivity index (χ0n) is 10.4. The van der Waals surface area contributed by atoms with E-state index in [1.807, 2.05) is 0 Å². The molecule has 0 atom stereocenters. The van der Waals surface area contributed by atoms with Crippen molar-refractivity contribution in [2.45, 2.75) is 0 Å². The summed E-state index contributed by atoms with van der Waals surface area (Å²) >= 11 is 3.16. The quantitative estimate of drug-likeness (QED) is 0.929. The number of methoxy groups -OCH3 is 2. The molecule has 1 aromatic carbocycles. The minimum atomic E-state index is -0.459. The van der Waals surface area contributed by atoms with Crippen molar-refractivity contribution in [2.24, 2.45) is 0 Å². The van der Waals surface area contributed by atoms with E-state index in [1.165, 1.54) is 12.3 Å². The summed E-state index contributed by atoms with van der Waals surface area (Å²) in [5.41, 5.74) is 0.579. The van der Waals surface area contributed by atoms with Crippen LogP contribution >= 0.6 is 15.9 Å². The lowest BCUT2D eigenvalue weighted by molar-refractivity contribution is 0.404. The van der Waals surface area contributed by atoms with Gasteiger partial charge in [0.2, 0.25) is 0 Å². The normalized spacial score (nSPS) is 10.1. The third-order valence-electron chi connectivity index (χ3n) is 2.47. The second kappa shape index (κ2) is 5.88. The molecule has 0 radical (unpaired) electrons. The summed E-state index contributed by atoms with van der Waals surface area (Å²) in [7, 11) is 3.10. The Labute approximate surface area is 118 Å². The van der Waals surface area contributed by atoms with Gasteiger partial charge >= 0.3 is 0 Å². The fraction of sp³-hybridized carbons (Fsp3) is 0.154. The first-order valence-electron chi connectivity index (χ1n) is 5.44. The standard InChI is InChI=1S/C13H12BrFN2O2/c1-18-9-3-4-12(19-2)11(6-9)17-13-10(15)5-8(14)7-16-13/h3-7H,1-2H3,(H,16,17). The molecule has 2 rings (SSSR count). The molecule has 2 aromatic rings. The fourth-order valence-electron chi connectivity index (χ4n) is 1.55. The zero-order chi connectivity index (χ0) is 13.8. The Kier molecular flexibility index (Phi) is 4.21. The third kappa shape index (κ3) is 3.14. The van der Waals surface area contributed by atoms with Gasteiger partial charge in [0.05, 0.1) is 19.9 Å². The average Bonchev–Trinajstić information content (AvgIpc) is 2.41. The highest BCUT2D eigenvalue weighted by Crippen LogP contribution is 2.31. The van der Waals surface area contributed by atoms with Crippen molar-refractivity contribution >= 4 is 27.4 Å². The molecule has 0 aliphatic rings. The van der Waals surface area contributed by atoms with Gasteiger partial charge < -0.3 is 14.8 Å². The zero-order valence-corrected chi connectivity index (χ0v) is 12.0. The van der Waals surface area contributed by atoms with Gasteiger partial charge in [0, 0.05) is 16.7 Å². The van der Waals surface area contributed by atoms with E-state index in [0.29, 0.717) is 21.7 Å². The molecule has 0 bridgehead atoms. The Balaban J connectivity index is 2.36. The third-order valence-corrected chi connectivity index (χ3v) is 2.90. The smallest absolute Gasteiger partial charge is 0.166 e. The second-order valence-corrected chi connectivity index (χ2v) is 4.59. The maximum absolute atomic E-state index is 13.7. The van der Waals surface area contributed by atoms with Crippen LogP contribution in [-0.4, -0.2) is 19.2 Å². The summed E-state index contributed by atoms with van der Waals surface area (Å²) in [5.74, 6) is 0.875. The second-order valence-electron chi connectivity index (χ2n) is 3.68. The molecule has 0 aliphatic heterocycles. The Morgan fingerprint density at radius 3 is 2.63 bits per heavy atom. The van der Waals surface area contributed by atoms with Gasteiger partial charge in [0.1, 0.15) is 11.5 Å². The van der Waals surface area contributed by atoms with E-state index in [-0.39, 0.29) is 5.82 Å². The molecule has 0 saturated carbocycles. The van der Waals surface area contributed by atoms with Crippen molar-refractivity contribution < 1.29 is 13.9 Å². The maximum atomic E-state index is 13.7. The summed E-state index contributed by atoms with van der Waals surface area (Å²) in [5, 5.41) is 2.88. The van der Waals surface area contributed by atoms with E-state index in [9.17, 15) is 4.39 Å². The molecular formula is C13H12BrFN2O2. The number of halogens is 2. The van der Waals surface area contributed by atoms with Crippen LogP contribution in [0.4, 0.5) is 15.9 Å². The van der Waals surface area contributed by atoms with Gasteiger partial charge in [0.15, 0.2) is 11.6 Å². The molecule has 0 spiro atoms. The lowest BCUT2D eigenvalue weighted by Crippen LogP contribution is -1.99. The van der Waals surface area contributed by atoms with Crippen LogP contribution in [0.2, 0.25) is 0 Å². The summed E-state index contributed by atoms with van der Waals surface area (Å²) in [4.78, 5) is 3.97. The first-order valence-corrected chi connectivity index (χ1v) is 6.23. The predicted molar refractivity (Wildman–Crippen MR) is 74.7 cm³/mol. The highest BCUT2D eigenvalue weighted by molar-refractivity contribution is 9.10. The van der Waals surface area contributed by atoms with Crippen LogP contribution in [0.25, 0.3) is 0 Å². The Morgan fingerprint density at radius 1 is 1.21 bits per heavy atom. The molecule has 4 nitrogen and oxygen atoms in total. The van der Waals surface area contributed by atoms with Crippen LogP contribution in [0.15, 0.2) is 34.9 Å². The molecular weight excluding hydrogens is 315 g/mol. The summed E-state index contributed by atoms with van der Waals surface area (Å²) in [6.07, 6.45) is 1.51. The first-order chi connectivity index (χ1) is 9.13. The van der Waals surface area contributed by atoms with E-state index in [2.05, 4.69) is 26.2 Å². The van der Waals surface area contributed by atoms with Gasteiger partial charge in [-0.25, -0.2) is 9.37 Å². The largest absolute Gasteiger partial charge is 0.497 e. The van der Waals surface area contributed by atoms with E-state index in [1.54, 1.807) is 32.4 Å². The maximum Gasteiger partial charge on any atom is 0.166 e. The summed E-state index contributed by atoms with van der Waals surface area (Å²) in [6.45, 7) is 0. The van der Waals surface area contributed by atoms with Crippen LogP contribution in [0.1, 0.15) is 0 Å². The van der Waals surface area contributed by atoms with Gasteiger partial charge in [-0.15, -0.1) is 0 Å². The van der Waals surface area contributed by atoms with Gasteiger partial charge in [-0.1, -0.05) is 0 Å². The topological polar surface area (TPSA) is 43.4 Å². The number of ether oxygens (including phenoxy) is 2. The molecule has 19 heavy (non-hydrogen) atoms. The van der Waals surface area contributed by atoms with Crippen LogP contribution in [0, 0.1) is 5.82 Å². The summed E-state index contributed by atoms with van der Waals surface area (Å²) < 4.78 is 24.6. The van der Waals surface area contributed by atoms with Crippen LogP contribution in [0.3, 0.4) is 0 Å². The van der Waals surface area contributed by atoms with E-state index in [0.717, 1.165) is 0 Å². The van der Waals surface area contributed by atoms with E-state index >= 15 is 0 Å². The van der Waals surface area contributed by atoms with Crippen LogP contribution < -0.4 is 14.8 Å². The summed E-state index contributed by atoms with van der Waals surface area (Å²) in [6, 6.07) is 6.54. The molecule has 100 valence electrons. The average molecular weight is 327 g/mol. The molecule has 0 saturated heterocycles. The number of hydrogen-bond donors (Lipinski definition) is 1. The van der Waals surface area contributed by atoms with Gasteiger partial charge in [-0.2, -0.15) is 0 Å². The number of benzene rings is 1. The molecule has 0 unspecified atom stereocenters. The first kappa shape index (κ1) is 13.6. The monoisotopic (exact) mass is 326 g/mol. The Hall–Kier alpha value is -1.82. The van der Waals surface area contributed by atoms with Gasteiger partial charge in [0.25, 0.3) is 0 Å². The van der Waals surface area contributed by atoms with Gasteiger partial charge in [-0.05, 0) is 34.1 Å². The number of nitrogens with one attached hydrogen (secondary N) is 1. The minimum Gasteiger partial charge on any atom is -0.497 e. The number of hydrogen-bond acceptors (Lipinski definition) is 4. The molecule has 1 N–H and O–H groups in total. The lowest BCUT2D eigenvalue weighted by Gasteiger charge is -2.12. The molecule has 0 fully saturated rings. The minimum absolute atomic E-state index is 0.120. The van der Waals surface area contributed by atoms with Gasteiger partial charge in [-0.3, -0.25) is 0 Å². The van der Waals surface area contributed by atoms with Crippen molar-refractivity contribution in [1.82, 2.24) is 4.98 Å². The Morgan fingerprint density at radius 2 is 2.00 bits per heavy atom. The van der Waals surface area contributed by atoms with Crippen molar-refractivity contribution in [2.75, 3.05) is 19.5 Å². The fourth-order valence-corrected chi connectivity index (χ4v) is 1.85. The lowest BCUT2D eigenvalue weighted by atomic mass is 10.2. The molecule has 1 heterocycles. The number of rotatable bonds is 4. The molecule has 0 aliphatic carbocycles. The van der Waals surface area contributed by atoms with Crippen molar-refractivity contribution in [1.29, 1.82) is 0 Å². The number of pyridine rings is 1. The number of aromatic nitrogens is 1. The highest BCUT2D eigenvalue weighted by atomic mass is 79.9. The van der Waals surface area contributed by atoms with E-state index in [4.69, 9.17) is 9.47 Å².